The molecule has 1 aliphatic rings. The Bertz CT molecular complexity index is 166. The van der Waals surface area contributed by atoms with Crippen LogP contribution in [0.2, 0.25) is 25.7 Å². The van der Waals surface area contributed by atoms with Crippen LogP contribution in [-0.2, 0) is 9.53 Å². The van der Waals surface area contributed by atoms with Gasteiger partial charge in [0.25, 0.3) is 0 Å². The first-order chi connectivity index (χ1) is 5.47. The minimum absolute atomic E-state index is 0.398. The highest BCUT2D eigenvalue weighted by Crippen LogP contribution is 2.32. The molecular formula is C9H18O2Si. The van der Waals surface area contributed by atoms with Crippen molar-refractivity contribution >= 4 is 14.4 Å². The number of aldehydes is 1. The van der Waals surface area contributed by atoms with Crippen LogP contribution >= 0.6 is 0 Å². The van der Waals surface area contributed by atoms with E-state index < -0.39 is 13.7 Å². The Labute approximate surface area is 75.3 Å². The van der Waals surface area contributed by atoms with Crippen molar-refractivity contribution in [2.75, 3.05) is 6.61 Å². The fraction of sp³-hybridized carbons (Fsp3) is 0.889. The maximum atomic E-state index is 10.9. The highest BCUT2D eigenvalue weighted by Gasteiger charge is 2.38. The Balaban J connectivity index is 2.62. The van der Waals surface area contributed by atoms with Gasteiger partial charge in [0.2, 0.25) is 0 Å². The molecular weight excluding hydrogens is 168 g/mol. The molecule has 3 heteroatoms. The Hall–Kier alpha value is -0.153. The van der Waals surface area contributed by atoms with Gasteiger partial charge in [0, 0.05) is 14.7 Å². The van der Waals surface area contributed by atoms with Gasteiger partial charge >= 0.3 is 0 Å². The lowest BCUT2D eigenvalue weighted by Gasteiger charge is -2.28. The number of hydrogen-bond donors (Lipinski definition) is 0. The van der Waals surface area contributed by atoms with Crippen LogP contribution in [0.1, 0.15) is 12.8 Å². The van der Waals surface area contributed by atoms with E-state index in [4.69, 9.17) is 4.74 Å². The summed E-state index contributed by atoms with van der Waals surface area (Å²) in [5.74, 6) is 0. The van der Waals surface area contributed by atoms with Crippen LogP contribution in [0.15, 0.2) is 0 Å². The van der Waals surface area contributed by atoms with Crippen LogP contribution in [0.3, 0.4) is 0 Å². The van der Waals surface area contributed by atoms with Gasteiger partial charge in [0.05, 0.1) is 0 Å². The van der Waals surface area contributed by atoms with Gasteiger partial charge in [-0.25, -0.2) is 0 Å². The average molecular weight is 186 g/mol. The van der Waals surface area contributed by atoms with Gasteiger partial charge in [-0.05, 0) is 18.9 Å². The zero-order valence-corrected chi connectivity index (χ0v) is 9.22. The van der Waals surface area contributed by atoms with Gasteiger partial charge < -0.3 is 9.53 Å². The number of rotatable bonds is 3. The molecule has 1 aliphatic heterocycles. The average Bonchev–Trinajstić information content (AvgIpc) is 2.34. The lowest BCUT2D eigenvalue weighted by molar-refractivity contribution is -0.123. The largest absolute Gasteiger partial charge is 0.368 e. The van der Waals surface area contributed by atoms with Gasteiger partial charge in [-0.3, -0.25) is 0 Å². The van der Waals surface area contributed by atoms with E-state index in [-0.39, 0.29) is 0 Å². The molecule has 12 heavy (non-hydrogen) atoms. The predicted molar refractivity (Wildman–Crippen MR) is 52.1 cm³/mol. The summed E-state index contributed by atoms with van der Waals surface area (Å²) in [4.78, 5) is 10.9. The van der Waals surface area contributed by atoms with Crippen molar-refractivity contribution in [3.63, 3.8) is 0 Å². The predicted octanol–water partition coefficient (Wildman–Crippen LogP) is 2.07. The summed E-state index contributed by atoms with van der Waals surface area (Å²) in [5.41, 5.74) is -0.398. The summed E-state index contributed by atoms with van der Waals surface area (Å²) in [6, 6.07) is 0.976. The zero-order chi connectivity index (χ0) is 9.24. The quantitative estimate of drug-likeness (QED) is 0.498. The first-order valence-corrected chi connectivity index (χ1v) is 8.28. The molecule has 0 N–H and O–H groups in total. The third kappa shape index (κ3) is 2.42. The van der Waals surface area contributed by atoms with E-state index in [1.807, 2.05) is 0 Å². The van der Waals surface area contributed by atoms with Crippen LogP contribution in [0.5, 0.6) is 0 Å². The Morgan fingerprint density at radius 2 is 2.17 bits per heavy atom. The number of carbonyl (C=O) groups is 1. The van der Waals surface area contributed by atoms with Crippen LogP contribution in [0, 0.1) is 0 Å². The Kier molecular flexibility index (Phi) is 2.73. The van der Waals surface area contributed by atoms with Crippen LogP contribution in [0.4, 0.5) is 0 Å². The van der Waals surface area contributed by atoms with Gasteiger partial charge in [-0.1, -0.05) is 19.6 Å². The fourth-order valence-electron chi connectivity index (χ4n) is 1.89. The summed E-state index contributed by atoms with van der Waals surface area (Å²) < 4.78 is 5.53. The molecule has 0 aromatic heterocycles. The number of carbonyl (C=O) groups excluding carboxylic acids is 1. The topological polar surface area (TPSA) is 26.3 Å². The molecule has 0 saturated carbocycles. The highest BCUT2D eigenvalue weighted by atomic mass is 28.3. The standard InChI is InChI=1S/C9H18O2Si/c1-12(2,3)8-9(7-10)5-4-6-11-9/h7H,4-6,8H2,1-3H3. The highest BCUT2D eigenvalue weighted by molar-refractivity contribution is 6.76. The maximum Gasteiger partial charge on any atom is 0.151 e. The third-order valence-electron chi connectivity index (χ3n) is 2.18. The molecule has 0 aromatic rings. The van der Waals surface area contributed by atoms with Crippen LogP contribution in [-0.4, -0.2) is 26.6 Å². The maximum absolute atomic E-state index is 10.9. The van der Waals surface area contributed by atoms with Crippen molar-refractivity contribution < 1.29 is 9.53 Å². The molecule has 0 bridgehead atoms. The zero-order valence-electron chi connectivity index (χ0n) is 8.22. The summed E-state index contributed by atoms with van der Waals surface area (Å²) in [6.07, 6.45) is 3.00. The molecule has 2 nitrogen and oxygen atoms in total. The van der Waals surface area contributed by atoms with E-state index in [9.17, 15) is 4.79 Å². The first kappa shape index (κ1) is 9.93. The van der Waals surface area contributed by atoms with E-state index in [1.165, 1.54) is 0 Å². The summed E-state index contributed by atoms with van der Waals surface area (Å²) >= 11 is 0. The minimum Gasteiger partial charge on any atom is -0.368 e. The van der Waals surface area contributed by atoms with Crippen molar-refractivity contribution in [3.8, 4) is 0 Å². The van der Waals surface area contributed by atoms with Crippen LogP contribution in [0.25, 0.3) is 0 Å². The molecule has 1 atom stereocenters. The molecule has 0 radical (unpaired) electrons. The molecule has 1 heterocycles. The molecule has 0 amide bonds. The summed E-state index contributed by atoms with van der Waals surface area (Å²) in [7, 11) is -1.17. The van der Waals surface area contributed by atoms with E-state index in [0.717, 1.165) is 31.8 Å². The second-order valence-corrected chi connectivity index (χ2v) is 10.3. The SMILES string of the molecule is C[Si](C)(C)CC1(C=O)CCCO1. The molecule has 1 rings (SSSR count). The van der Waals surface area contributed by atoms with Gasteiger partial charge in [-0.2, -0.15) is 0 Å². The van der Waals surface area contributed by atoms with E-state index in [1.54, 1.807) is 0 Å². The number of ether oxygens (including phenoxy) is 1. The lowest BCUT2D eigenvalue weighted by Crippen LogP contribution is -2.38. The van der Waals surface area contributed by atoms with Gasteiger partial charge in [0.15, 0.2) is 6.29 Å². The minimum atomic E-state index is -1.17. The van der Waals surface area contributed by atoms with Crippen molar-refractivity contribution in [1.29, 1.82) is 0 Å². The van der Waals surface area contributed by atoms with Crippen molar-refractivity contribution in [2.24, 2.45) is 0 Å². The van der Waals surface area contributed by atoms with E-state index in [0.29, 0.717) is 0 Å². The van der Waals surface area contributed by atoms with E-state index in [2.05, 4.69) is 19.6 Å². The monoisotopic (exact) mass is 186 g/mol. The summed E-state index contributed by atoms with van der Waals surface area (Å²) in [6.45, 7) is 7.60. The van der Waals surface area contributed by atoms with Crippen molar-refractivity contribution in [1.82, 2.24) is 0 Å². The molecule has 0 aromatic carbocycles. The Morgan fingerprint density at radius 3 is 2.50 bits per heavy atom. The fourth-order valence-corrected chi connectivity index (χ4v) is 4.05. The second-order valence-electron chi connectivity index (χ2n) is 4.87. The molecule has 70 valence electrons. The second kappa shape index (κ2) is 3.30. The molecule has 1 saturated heterocycles. The van der Waals surface area contributed by atoms with E-state index >= 15 is 0 Å². The van der Waals surface area contributed by atoms with Gasteiger partial charge in [-0.15, -0.1) is 0 Å². The molecule has 0 aliphatic carbocycles. The van der Waals surface area contributed by atoms with Crippen molar-refractivity contribution in [3.05, 3.63) is 0 Å². The molecule has 1 unspecified atom stereocenters. The normalized spacial score (nSPS) is 30.6. The molecule has 1 fully saturated rings. The summed E-state index contributed by atoms with van der Waals surface area (Å²) in [5, 5.41) is 0. The smallest absolute Gasteiger partial charge is 0.151 e. The lowest BCUT2D eigenvalue weighted by atomic mass is 10.1. The molecule has 0 spiro atoms. The van der Waals surface area contributed by atoms with Crippen LogP contribution < -0.4 is 0 Å². The number of hydrogen-bond acceptors (Lipinski definition) is 2. The Morgan fingerprint density at radius 1 is 1.50 bits per heavy atom. The van der Waals surface area contributed by atoms with Gasteiger partial charge in [0.1, 0.15) is 5.60 Å². The third-order valence-corrected chi connectivity index (χ3v) is 3.84. The van der Waals surface area contributed by atoms with Crippen molar-refractivity contribution in [2.45, 2.75) is 44.1 Å². The first-order valence-electron chi connectivity index (χ1n) is 4.58.